The summed E-state index contributed by atoms with van der Waals surface area (Å²) >= 11 is 0. The smallest absolute Gasteiger partial charge is 0.277 e. The van der Waals surface area contributed by atoms with Crippen LogP contribution in [-0.4, -0.2) is 23.7 Å². The molecule has 27 heavy (non-hydrogen) atoms. The van der Waals surface area contributed by atoms with E-state index in [0.29, 0.717) is 5.75 Å². The number of nitrogens with one attached hydrogen (secondary N) is 1. The average Bonchev–Trinajstić information content (AvgIpc) is 2.59. The highest BCUT2D eigenvalue weighted by molar-refractivity contribution is 5.82. The summed E-state index contributed by atoms with van der Waals surface area (Å²) in [4.78, 5) is 15.7. The Morgan fingerprint density at radius 2 is 1.70 bits per heavy atom. The lowest BCUT2D eigenvalue weighted by Gasteiger charge is -2.33. The van der Waals surface area contributed by atoms with Crippen LogP contribution in [0.25, 0.3) is 0 Å². The summed E-state index contributed by atoms with van der Waals surface area (Å²) < 4.78 is 5.54. The molecule has 5 nitrogen and oxygen atoms in total. The van der Waals surface area contributed by atoms with Gasteiger partial charge in [-0.25, -0.2) is 5.43 Å². The standard InChI is InChI=1S/C22H29N3O2/c1-21(2,3)16-22(4,5)18-6-8-19(9-7-18)27-15-20(26)25-24-14-17-10-12-23-13-11-17/h6-14H,15-16H2,1-5H3,(H,25,26)/b24-14+. The highest BCUT2D eigenvalue weighted by Gasteiger charge is 2.27. The molecule has 0 unspecified atom stereocenters. The van der Waals surface area contributed by atoms with Crippen molar-refractivity contribution in [3.8, 4) is 5.75 Å². The van der Waals surface area contributed by atoms with E-state index in [2.05, 4.69) is 62.3 Å². The SMILES string of the molecule is CC(C)(C)CC(C)(C)c1ccc(OCC(=O)N/N=C/c2ccncc2)cc1. The number of benzene rings is 1. The van der Waals surface area contributed by atoms with Crippen LogP contribution in [0.15, 0.2) is 53.9 Å². The Hall–Kier alpha value is -2.69. The van der Waals surface area contributed by atoms with Crippen LogP contribution in [-0.2, 0) is 10.2 Å². The molecule has 1 amide bonds. The second-order valence-electron chi connectivity index (χ2n) is 8.51. The minimum Gasteiger partial charge on any atom is -0.484 e. The maximum Gasteiger partial charge on any atom is 0.277 e. The fraction of sp³-hybridized carbons (Fsp3) is 0.409. The van der Waals surface area contributed by atoms with Crippen molar-refractivity contribution in [1.82, 2.24) is 10.4 Å². The van der Waals surface area contributed by atoms with Gasteiger partial charge in [0, 0.05) is 12.4 Å². The van der Waals surface area contributed by atoms with Gasteiger partial charge in [0.25, 0.3) is 5.91 Å². The second-order valence-corrected chi connectivity index (χ2v) is 8.51. The first-order valence-corrected chi connectivity index (χ1v) is 9.11. The molecular formula is C22H29N3O2. The number of aromatic nitrogens is 1. The van der Waals surface area contributed by atoms with Crippen LogP contribution in [0.2, 0.25) is 0 Å². The first-order chi connectivity index (χ1) is 12.7. The summed E-state index contributed by atoms with van der Waals surface area (Å²) in [6.45, 7) is 11.2. The van der Waals surface area contributed by atoms with E-state index in [0.717, 1.165) is 12.0 Å². The zero-order valence-corrected chi connectivity index (χ0v) is 16.8. The number of pyridine rings is 1. The topological polar surface area (TPSA) is 63.6 Å². The zero-order chi connectivity index (χ0) is 19.9. The number of rotatable bonds is 7. The van der Waals surface area contributed by atoms with Crippen LogP contribution in [0.4, 0.5) is 0 Å². The van der Waals surface area contributed by atoms with Crippen LogP contribution in [0.1, 0.15) is 52.2 Å². The van der Waals surface area contributed by atoms with Crippen LogP contribution in [0.5, 0.6) is 5.75 Å². The minimum absolute atomic E-state index is 0.0792. The molecule has 0 aliphatic heterocycles. The molecule has 0 aliphatic carbocycles. The van der Waals surface area contributed by atoms with Crippen LogP contribution in [0, 0.1) is 5.41 Å². The van der Waals surface area contributed by atoms with Gasteiger partial charge in [0.15, 0.2) is 6.61 Å². The minimum atomic E-state index is -0.308. The monoisotopic (exact) mass is 367 g/mol. The van der Waals surface area contributed by atoms with Gasteiger partial charge in [-0.15, -0.1) is 0 Å². The average molecular weight is 367 g/mol. The van der Waals surface area contributed by atoms with Crippen LogP contribution in [0.3, 0.4) is 0 Å². The largest absolute Gasteiger partial charge is 0.484 e. The lowest BCUT2D eigenvalue weighted by molar-refractivity contribution is -0.123. The Kier molecular flexibility index (Phi) is 6.72. The molecule has 0 aliphatic rings. The first-order valence-electron chi connectivity index (χ1n) is 9.11. The third-order valence-corrected chi connectivity index (χ3v) is 4.09. The molecule has 2 rings (SSSR count). The zero-order valence-electron chi connectivity index (χ0n) is 16.8. The molecule has 0 radical (unpaired) electrons. The number of ether oxygens (including phenoxy) is 1. The molecule has 0 spiro atoms. The van der Waals surface area contributed by atoms with Crippen molar-refractivity contribution < 1.29 is 9.53 Å². The predicted octanol–water partition coefficient (Wildman–Crippen LogP) is 4.32. The maximum absolute atomic E-state index is 11.8. The normalized spacial score (nSPS) is 12.2. The molecule has 0 atom stereocenters. The molecule has 2 aromatic rings. The van der Waals surface area contributed by atoms with Gasteiger partial charge in [-0.3, -0.25) is 9.78 Å². The van der Waals surface area contributed by atoms with Gasteiger partial charge in [-0.05, 0) is 52.6 Å². The summed E-state index contributed by atoms with van der Waals surface area (Å²) in [6, 6.07) is 11.6. The quantitative estimate of drug-likeness (QED) is 0.585. The lowest BCUT2D eigenvalue weighted by Crippen LogP contribution is -2.25. The number of carbonyl (C=O) groups excluding carboxylic acids is 1. The van der Waals surface area contributed by atoms with E-state index < -0.39 is 0 Å². The number of hydrogen-bond donors (Lipinski definition) is 1. The summed E-state index contributed by atoms with van der Waals surface area (Å²) in [5, 5.41) is 3.90. The van der Waals surface area contributed by atoms with Crippen molar-refractivity contribution >= 4 is 12.1 Å². The van der Waals surface area contributed by atoms with Crippen molar-refractivity contribution in [1.29, 1.82) is 0 Å². The molecule has 0 fully saturated rings. The van der Waals surface area contributed by atoms with E-state index in [-0.39, 0.29) is 23.3 Å². The molecular weight excluding hydrogens is 338 g/mol. The van der Waals surface area contributed by atoms with E-state index in [1.54, 1.807) is 30.7 Å². The van der Waals surface area contributed by atoms with E-state index in [1.807, 2.05) is 12.1 Å². The van der Waals surface area contributed by atoms with Crippen molar-refractivity contribution in [2.45, 2.75) is 46.5 Å². The number of amides is 1. The number of nitrogens with zero attached hydrogens (tertiary/aromatic N) is 2. The van der Waals surface area contributed by atoms with Gasteiger partial charge in [0.1, 0.15) is 5.75 Å². The lowest BCUT2D eigenvalue weighted by atomic mass is 9.72. The molecule has 144 valence electrons. The van der Waals surface area contributed by atoms with Gasteiger partial charge in [0.2, 0.25) is 0 Å². The maximum atomic E-state index is 11.8. The van der Waals surface area contributed by atoms with Gasteiger partial charge in [-0.2, -0.15) is 5.10 Å². The Morgan fingerprint density at radius 3 is 2.30 bits per heavy atom. The van der Waals surface area contributed by atoms with E-state index in [1.165, 1.54) is 5.56 Å². The molecule has 5 heteroatoms. The predicted molar refractivity (Wildman–Crippen MR) is 109 cm³/mol. The Morgan fingerprint density at radius 1 is 1.07 bits per heavy atom. The Labute approximate surface area is 161 Å². The fourth-order valence-corrected chi connectivity index (χ4v) is 3.24. The second kappa shape index (κ2) is 8.80. The Balaban J connectivity index is 1.84. The van der Waals surface area contributed by atoms with Gasteiger partial charge < -0.3 is 4.74 Å². The van der Waals surface area contributed by atoms with Gasteiger partial charge in [0.05, 0.1) is 6.21 Å². The molecule has 1 aromatic carbocycles. The third-order valence-electron chi connectivity index (χ3n) is 4.09. The molecule has 1 N–H and O–H groups in total. The third kappa shape index (κ3) is 7.21. The summed E-state index contributed by atoms with van der Waals surface area (Å²) in [5.41, 5.74) is 4.91. The first kappa shape index (κ1) is 20.6. The van der Waals surface area contributed by atoms with Crippen LogP contribution >= 0.6 is 0 Å². The summed E-state index contributed by atoms with van der Waals surface area (Å²) in [6.07, 6.45) is 5.97. The number of carbonyl (C=O) groups is 1. The molecule has 1 aromatic heterocycles. The summed E-state index contributed by atoms with van der Waals surface area (Å²) in [5.74, 6) is 0.357. The van der Waals surface area contributed by atoms with Crippen molar-refractivity contribution in [3.63, 3.8) is 0 Å². The van der Waals surface area contributed by atoms with E-state index >= 15 is 0 Å². The molecule has 1 heterocycles. The molecule has 0 saturated carbocycles. The molecule has 0 bridgehead atoms. The van der Waals surface area contributed by atoms with E-state index in [9.17, 15) is 4.79 Å². The van der Waals surface area contributed by atoms with Gasteiger partial charge >= 0.3 is 0 Å². The molecule has 0 saturated heterocycles. The highest BCUT2D eigenvalue weighted by Crippen LogP contribution is 2.36. The Bertz CT molecular complexity index is 760. The van der Waals surface area contributed by atoms with Crippen molar-refractivity contribution in [3.05, 3.63) is 59.9 Å². The highest BCUT2D eigenvalue weighted by atomic mass is 16.5. The van der Waals surface area contributed by atoms with Crippen molar-refractivity contribution in [2.24, 2.45) is 10.5 Å². The van der Waals surface area contributed by atoms with Crippen LogP contribution < -0.4 is 10.2 Å². The number of hydrogen-bond acceptors (Lipinski definition) is 4. The van der Waals surface area contributed by atoms with Gasteiger partial charge in [-0.1, -0.05) is 46.8 Å². The number of hydrazone groups is 1. The fourth-order valence-electron chi connectivity index (χ4n) is 3.24. The van der Waals surface area contributed by atoms with E-state index in [4.69, 9.17) is 4.74 Å². The summed E-state index contributed by atoms with van der Waals surface area (Å²) in [7, 11) is 0. The van der Waals surface area contributed by atoms with Crippen molar-refractivity contribution in [2.75, 3.05) is 6.61 Å².